The number of hydrogen-bond donors (Lipinski definition) is 1. The zero-order chi connectivity index (χ0) is 28.6. The highest BCUT2D eigenvalue weighted by Crippen LogP contribution is 2.36. The van der Waals surface area contributed by atoms with Crippen LogP contribution in [0.3, 0.4) is 0 Å². The third-order valence-corrected chi connectivity index (χ3v) is 7.96. The van der Waals surface area contributed by atoms with Crippen molar-refractivity contribution in [2.24, 2.45) is 0 Å². The van der Waals surface area contributed by atoms with Crippen LogP contribution in [0.4, 0.5) is 5.69 Å². The molecule has 0 aliphatic carbocycles. The largest absolute Gasteiger partial charge is 0.497 e. The van der Waals surface area contributed by atoms with E-state index in [0.29, 0.717) is 11.5 Å². The Labute approximate surface area is 229 Å². The van der Waals surface area contributed by atoms with Crippen molar-refractivity contribution >= 4 is 27.5 Å². The molecule has 0 aromatic heterocycles. The Morgan fingerprint density at radius 3 is 2.05 bits per heavy atom. The Morgan fingerprint density at radius 2 is 1.49 bits per heavy atom. The van der Waals surface area contributed by atoms with Crippen LogP contribution in [0.2, 0.25) is 0 Å². The van der Waals surface area contributed by atoms with Crippen molar-refractivity contribution in [1.82, 2.24) is 10.2 Å². The van der Waals surface area contributed by atoms with Gasteiger partial charge in [-0.25, -0.2) is 8.42 Å². The lowest BCUT2D eigenvalue weighted by Gasteiger charge is -2.32. The Morgan fingerprint density at radius 1 is 0.872 bits per heavy atom. The molecule has 0 unspecified atom stereocenters. The maximum Gasteiger partial charge on any atom is 0.264 e. The number of carbonyl (C=O) groups excluding carboxylic acids is 2. The number of nitrogens with one attached hydrogen (secondary N) is 1. The van der Waals surface area contributed by atoms with Gasteiger partial charge in [0, 0.05) is 19.7 Å². The highest BCUT2D eigenvalue weighted by Gasteiger charge is 2.33. The van der Waals surface area contributed by atoms with Crippen LogP contribution in [0.5, 0.6) is 17.2 Å². The molecule has 1 N–H and O–H groups in total. The van der Waals surface area contributed by atoms with Crippen molar-refractivity contribution in [1.29, 1.82) is 0 Å². The third kappa shape index (κ3) is 6.80. The van der Waals surface area contributed by atoms with E-state index < -0.39 is 34.4 Å². The summed E-state index contributed by atoms with van der Waals surface area (Å²) in [5.74, 6) is 0.255. The minimum absolute atomic E-state index is 0.0104. The average molecular weight is 556 g/mol. The molecule has 208 valence electrons. The highest BCUT2D eigenvalue weighted by atomic mass is 32.2. The number of methoxy groups -OCH3 is 3. The summed E-state index contributed by atoms with van der Waals surface area (Å²) in [6.45, 7) is 1.05. The molecular formula is C28H33N3O7S. The lowest BCUT2D eigenvalue weighted by Crippen LogP contribution is -2.50. The van der Waals surface area contributed by atoms with Crippen molar-refractivity contribution < 1.29 is 32.2 Å². The summed E-state index contributed by atoms with van der Waals surface area (Å²) in [4.78, 5) is 27.8. The fourth-order valence-corrected chi connectivity index (χ4v) is 5.38. The van der Waals surface area contributed by atoms with Crippen LogP contribution < -0.4 is 23.8 Å². The van der Waals surface area contributed by atoms with E-state index in [-0.39, 0.29) is 22.9 Å². The first-order valence-electron chi connectivity index (χ1n) is 12.1. The number of ether oxygens (including phenoxy) is 3. The number of likely N-dealkylation sites (N-methyl/N-ethyl adjacent to an activating group) is 1. The van der Waals surface area contributed by atoms with Gasteiger partial charge in [0.2, 0.25) is 11.8 Å². The van der Waals surface area contributed by atoms with Gasteiger partial charge in [-0.2, -0.15) is 0 Å². The van der Waals surface area contributed by atoms with Gasteiger partial charge in [-0.3, -0.25) is 13.9 Å². The molecule has 0 spiro atoms. The molecule has 0 aliphatic heterocycles. The number of sulfonamides is 1. The first-order valence-corrected chi connectivity index (χ1v) is 13.5. The highest BCUT2D eigenvalue weighted by molar-refractivity contribution is 7.92. The molecule has 0 saturated heterocycles. The van der Waals surface area contributed by atoms with E-state index in [4.69, 9.17) is 14.2 Å². The van der Waals surface area contributed by atoms with Gasteiger partial charge >= 0.3 is 0 Å². The Bertz CT molecular complexity index is 1380. The van der Waals surface area contributed by atoms with Gasteiger partial charge in [-0.15, -0.1) is 0 Å². The topological polar surface area (TPSA) is 114 Å². The van der Waals surface area contributed by atoms with Crippen molar-refractivity contribution in [2.75, 3.05) is 39.2 Å². The van der Waals surface area contributed by atoms with Crippen LogP contribution in [0, 0.1) is 0 Å². The summed E-state index contributed by atoms with van der Waals surface area (Å²) in [5, 5.41) is 2.56. The minimum Gasteiger partial charge on any atom is -0.497 e. The smallest absolute Gasteiger partial charge is 0.264 e. The van der Waals surface area contributed by atoms with E-state index in [0.717, 1.165) is 9.87 Å². The SMILES string of the molecule is CNC(=O)[C@@H](C)N(Cc1ccc(OC)cc1)C(=O)CN(c1cc(OC)ccc1OC)S(=O)(=O)c1ccccc1. The third-order valence-electron chi connectivity index (χ3n) is 6.19. The molecule has 3 rings (SSSR count). The summed E-state index contributed by atoms with van der Waals surface area (Å²) >= 11 is 0. The summed E-state index contributed by atoms with van der Waals surface area (Å²) in [5.41, 5.74) is 0.849. The molecular weight excluding hydrogens is 522 g/mol. The predicted molar refractivity (Wildman–Crippen MR) is 148 cm³/mol. The fourth-order valence-electron chi connectivity index (χ4n) is 3.94. The van der Waals surface area contributed by atoms with Gasteiger partial charge in [0.15, 0.2) is 0 Å². The van der Waals surface area contributed by atoms with Crippen LogP contribution in [-0.2, 0) is 26.2 Å². The van der Waals surface area contributed by atoms with Crippen LogP contribution in [0.1, 0.15) is 12.5 Å². The Hall–Kier alpha value is -4.25. The van der Waals surface area contributed by atoms with Crippen molar-refractivity contribution in [2.45, 2.75) is 24.4 Å². The quantitative estimate of drug-likeness (QED) is 0.365. The first-order chi connectivity index (χ1) is 18.7. The minimum atomic E-state index is -4.24. The zero-order valence-electron chi connectivity index (χ0n) is 22.6. The number of nitrogens with zero attached hydrogens (tertiary/aromatic N) is 2. The zero-order valence-corrected chi connectivity index (χ0v) is 23.4. The Balaban J connectivity index is 2.09. The maximum atomic E-state index is 13.9. The molecule has 0 aliphatic rings. The average Bonchev–Trinajstić information content (AvgIpc) is 2.98. The normalized spacial score (nSPS) is 11.7. The van der Waals surface area contributed by atoms with Gasteiger partial charge < -0.3 is 24.4 Å². The molecule has 11 heteroatoms. The van der Waals surface area contributed by atoms with Crippen LogP contribution in [-0.4, -0.2) is 66.1 Å². The predicted octanol–water partition coefficient (Wildman–Crippen LogP) is 3.07. The molecule has 0 bridgehead atoms. The van der Waals surface area contributed by atoms with Crippen molar-refractivity contribution in [3.05, 3.63) is 78.4 Å². The van der Waals surface area contributed by atoms with Gasteiger partial charge in [0.05, 0.1) is 31.9 Å². The number of benzene rings is 3. The molecule has 0 heterocycles. The molecule has 3 aromatic rings. The van der Waals surface area contributed by atoms with Gasteiger partial charge in [-0.05, 0) is 48.9 Å². The molecule has 3 aromatic carbocycles. The summed E-state index contributed by atoms with van der Waals surface area (Å²) < 4.78 is 44.8. The summed E-state index contributed by atoms with van der Waals surface area (Å²) in [7, 11) is 1.64. The number of rotatable bonds is 12. The lowest BCUT2D eigenvalue weighted by molar-refractivity contribution is -0.139. The van der Waals surface area contributed by atoms with E-state index >= 15 is 0 Å². The molecule has 1 atom stereocenters. The van der Waals surface area contributed by atoms with Crippen molar-refractivity contribution in [3.63, 3.8) is 0 Å². The molecule has 0 saturated carbocycles. The van der Waals surface area contributed by atoms with E-state index in [1.54, 1.807) is 68.6 Å². The molecule has 10 nitrogen and oxygen atoms in total. The van der Waals surface area contributed by atoms with E-state index in [1.165, 1.54) is 44.4 Å². The van der Waals surface area contributed by atoms with Gasteiger partial charge in [0.25, 0.3) is 10.0 Å². The van der Waals surface area contributed by atoms with Gasteiger partial charge in [-0.1, -0.05) is 30.3 Å². The lowest BCUT2D eigenvalue weighted by atomic mass is 10.1. The molecule has 39 heavy (non-hydrogen) atoms. The number of amides is 2. The van der Waals surface area contributed by atoms with E-state index in [2.05, 4.69) is 5.32 Å². The summed E-state index contributed by atoms with van der Waals surface area (Å²) in [6.07, 6.45) is 0. The second kappa shape index (κ2) is 13.0. The maximum absolute atomic E-state index is 13.9. The van der Waals surface area contributed by atoms with E-state index in [9.17, 15) is 18.0 Å². The second-order valence-corrected chi connectivity index (χ2v) is 10.4. The monoisotopic (exact) mass is 555 g/mol. The van der Waals surface area contributed by atoms with Gasteiger partial charge in [0.1, 0.15) is 29.8 Å². The first kappa shape index (κ1) is 29.3. The second-order valence-electron chi connectivity index (χ2n) is 8.52. The number of anilines is 1. The van der Waals surface area contributed by atoms with Crippen LogP contribution in [0.15, 0.2) is 77.7 Å². The fraction of sp³-hybridized carbons (Fsp3) is 0.286. The Kier molecular flexibility index (Phi) is 9.78. The number of hydrogen-bond acceptors (Lipinski definition) is 7. The number of carbonyl (C=O) groups is 2. The van der Waals surface area contributed by atoms with Crippen LogP contribution >= 0.6 is 0 Å². The standard InChI is InChI=1S/C28H33N3O7S/c1-20(28(33)29-2)30(18-21-11-13-22(36-3)14-12-21)27(32)19-31(39(34,35)24-9-7-6-8-10-24)25-17-23(37-4)15-16-26(25)38-5/h6-17,20H,18-19H2,1-5H3,(H,29,33)/t20-/m1/s1. The molecule has 2 amide bonds. The molecule has 0 radical (unpaired) electrons. The summed E-state index contributed by atoms with van der Waals surface area (Å²) in [6, 6.07) is 18.6. The van der Waals surface area contributed by atoms with Crippen molar-refractivity contribution in [3.8, 4) is 17.2 Å². The molecule has 0 fully saturated rings. The van der Waals surface area contributed by atoms with Crippen LogP contribution in [0.25, 0.3) is 0 Å². The van der Waals surface area contributed by atoms with E-state index in [1.807, 2.05) is 0 Å².